The highest BCUT2D eigenvalue weighted by Crippen LogP contribution is 2.24. The van der Waals surface area contributed by atoms with Crippen LogP contribution in [0.25, 0.3) is 10.6 Å². The lowest BCUT2D eigenvalue weighted by Gasteiger charge is -2.09. The largest absolute Gasteiger partial charge is 0.456 e. The normalized spacial score (nSPS) is 10.6. The van der Waals surface area contributed by atoms with Gasteiger partial charge in [-0.25, -0.2) is 9.78 Å². The van der Waals surface area contributed by atoms with Gasteiger partial charge in [0, 0.05) is 22.1 Å². The summed E-state index contributed by atoms with van der Waals surface area (Å²) < 4.78 is 5.46. The first-order valence-corrected chi connectivity index (χ1v) is 10.4. The molecule has 1 aromatic heterocycles. The highest BCUT2D eigenvalue weighted by atomic mass is 32.1. The number of hydrogen-bond acceptors (Lipinski definition) is 5. The van der Waals surface area contributed by atoms with E-state index in [1.165, 1.54) is 11.3 Å². The van der Waals surface area contributed by atoms with Crippen molar-refractivity contribution in [3.8, 4) is 10.6 Å². The predicted molar refractivity (Wildman–Crippen MR) is 118 cm³/mol. The molecule has 4 nitrogen and oxygen atoms in total. The number of hydrogen-bond donors (Lipinski definition) is 0. The molecule has 4 aromatic rings. The fourth-order valence-corrected chi connectivity index (χ4v) is 3.83. The number of carbonyl (C=O) groups is 2. The van der Waals surface area contributed by atoms with E-state index in [9.17, 15) is 9.59 Å². The third-order valence-electron chi connectivity index (χ3n) is 4.63. The smallest absolute Gasteiger partial charge is 0.339 e. The molecule has 30 heavy (non-hydrogen) atoms. The van der Waals surface area contributed by atoms with Crippen LogP contribution in [0.4, 0.5) is 0 Å². The maximum atomic E-state index is 12.9. The molecule has 0 saturated carbocycles. The second-order valence-corrected chi connectivity index (χ2v) is 7.68. The van der Waals surface area contributed by atoms with Crippen LogP contribution in [0.1, 0.15) is 37.5 Å². The first kappa shape index (κ1) is 19.7. The van der Waals surface area contributed by atoms with Gasteiger partial charge >= 0.3 is 5.97 Å². The molecule has 148 valence electrons. The van der Waals surface area contributed by atoms with Crippen LogP contribution < -0.4 is 0 Å². The Kier molecular flexibility index (Phi) is 5.82. The van der Waals surface area contributed by atoms with E-state index in [4.69, 9.17) is 4.74 Å². The molecule has 0 spiro atoms. The van der Waals surface area contributed by atoms with E-state index in [1.54, 1.807) is 36.4 Å². The van der Waals surface area contributed by atoms with Gasteiger partial charge in [-0.1, -0.05) is 78.4 Å². The zero-order valence-corrected chi connectivity index (χ0v) is 17.2. The van der Waals surface area contributed by atoms with Crippen LogP contribution in [-0.2, 0) is 11.3 Å². The average Bonchev–Trinajstić information content (AvgIpc) is 3.27. The maximum Gasteiger partial charge on any atom is 0.339 e. The summed E-state index contributed by atoms with van der Waals surface area (Å²) >= 11 is 1.50. The van der Waals surface area contributed by atoms with Crippen molar-refractivity contribution in [2.45, 2.75) is 13.5 Å². The molecule has 0 unspecified atom stereocenters. The Morgan fingerprint density at radius 3 is 2.27 bits per heavy atom. The molecule has 0 aliphatic heterocycles. The lowest BCUT2D eigenvalue weighted by Crippen LogP contribution is -2.12. The van der Waals surface area contributed by atoms with Crippen molar-refractivity contribution in [3.05, 3.63) is 112 Å². The highest BCUT2D eigenvalue weighted by molar-refractivity contribution is 7.13. The van der Waals surface area contributed by atoms with E-state index >= 15 is 0 Å². The Hall–Kier alpha value is -3.57. The molecule has 0 amide bonds. The minimum Gasteiger partial charge on any atom is -0.456 e. The summed E-state index contributed by atoms with van der Waals surface area (Å²) in [5.74, 6) is -0.747. The quantitative estimate of drug-likeness (QED) is 0.300. The third-order valence-corrected chi connectivity index (χ3v) is 5.57. The second kappa shape index (κ2) is 8.84. The highest BCUT2D eigenvalue weighted by Gasteiger charge is 2.19. The van der Waals surface area contributed by atoms with E-state index < -0.39 is 5.97 Å². The summed E-state index contributed by atoms with van der Waals surface area (Å²) in [5, 5.41) is 2.75. The van der Waals surface area contributed by atoms with Crippen LogP contribution in [0.5, 0.6) is 0 Å². The number of carbonyl (C=O) groups excluding carboxylic acids is 2. The number of aryl methyl sites for hydroxylation is 1. The molecule has 0 fully saturated rings. The van der Waals surface area contributed by atoms with E-state index in [1.807, 2.05) is 54.8 Å². The first-order chi connectivity index (χ1) is 14.6. The van der Waals surface area contributed by atoms with Gasteiger partial charge in [0.05, 0.1) is 11.3 Å². The molecule has 1 heterocycles. The fourth-order valence-electron chi connectivity index (χ4n) is 3.02. The van der Waals surface area contributed by atoms with Gasteiger partial charge in [-0.3, -0.25) is 4.79 Å². The number of ether oxygens (including phenoxy) is 1. The van der Waals surface area contributed by atoms with E-state index in [2.05, 4.69) is 4.98 Å². The summed E-state index contributed by atoms with van der Waals surface area (Å²) in [6.45, 7) is 2.01. The monoisotopic (exact) mass is 413 g/mol. The van der Waals surface area contributed by atoms with Gasteiger partial charge in [-0.2, -0.15) is 0 Å². The Balaban J connectivity index is 1.49. The minimum absolute atomic E-state index is 0.0508. The Labute approximate surface area is 178 Å². The Bertz CT molecular complexity index is 1180. The van der Waals surface area contributed by atoms with Crippen molar-refractivity contribution < 1.29 is 14.3 Å². The summed E-state index contributed by atoms with van der Waals surface area (Å²) in [5.41, 5.74) is 3.88. The third kappa shape index (κ3) is 4.36. The van der Waals surface area contributed by atoms with Gasteiger partial charge in [0.25, 0.3) is 0 Å². The van der Waals surface area contributed by atoms with Crippen LogP contribution >= 0.6 is 11.3 Å². The van der Waals surface area contributed by atoms with Gasteiger partial charge in [-0.05, 0) is 13.0 Å². The van der Waals surface area contributed by atoms with E-state index in [0.717, 1.165) is 16.1 Å². The van der Waals surface area contributed by atoms with E-state index in [-0.39, 0.29) is 18.0 Å². The van der Waals surface area contributed by atoms with Crippen LogP contribution in [0, 0.1) is 6.92 Å². The molecule has 0 radical (unpaired) electrons. The molecular formula is C25H19NO3S. The van der Waals surface area contributed by atoms with Crippen molar-refractivity contribution in [1.82, 2.24) is 4.98 Å². The van der Waals surface area contributed by atoms with Crippen molar-refractivity contribution in [2.24, 2.45) is 0 Å². The van der Waals surface area contributed by atoms with Crippen LogP contribution in [0.2, 0.25) is 0 Å². The molecule has 0 saturated heterocycles. The topological polar surface area (TPSA) is 56.3 Å². The predicted octanol–water partition coefficient (Wildman–Crippen LogP) is 5.71. The van der Waals surface area contributed by atoms with Crippen LogP contribution in [0.3, 0.4) is 0 Å². The lowest BCUT2D eigenvalue weighted by molar-refractivity contribution is 0.0466. The molecule has 0 bridgehead atoms. The van der Waals surface area contributed by atoms with Crippen molar-refractivity contribution in [3.63, 3.8) is 0 Å². The molecule has 0 aliphatic rings. The van der Waals surface area contributed by atoms with E-state index in [0.29, 0.717) is 16.8 Å². The number of thiazole rings is 1. The minimum atomic E-state index is -0.541. The summed E-state index contributed by atoms with van der Waals surface area (Å²) in [6.07, 6.45) is 0. The van der Waals surface area contributed by atoms with Crippen molar-refractivity contribution in [1.29, 1.82) is 0 Å². The zero-order chi connectivity index (χ0) is 20.9. The molecule has 4 rings (SSSR count). The Morgan fingerprint density at radius 1 is 0.867 bits per heavy atom. The maximum absolute atomic E-state index is 12.9. The number of ketones is 1. The van der Waals surface area contributed by atoms with Gasteiger partial charge < -0.3 is 4.74 Å². The summed E-state index contributed by atoms with van der Waals surface area (Å²) in [4.78, 5) is 30.1. The second-order valence-electron chi connectivity index (χ2n) is 6.83. The molecule has 0 aliphatic carbocycles. The number of nitrogens with zero attached hydrogens (tertiary/aromatic N) is 1. The standard InChI is InChI=1S/C25H19NO3S/c1-17-11-13-18(14-12-17)23(27)21-9-5-6-10-22(21)25(28)29-15-20-16-30-24(26-20)19-7-3-2-4-8-19/h2-14,16H,15H2,1H3. The fraction of sp³-hybridized carbons (Fsp3) is 0.0800. The number of rotatable bonds is 6. The van der Waals surface area contributed by atoms with Gasteiger partial charge in [0.15, 0.2) is 5.78 Å². The van der Waals surface area contributed by atoms with Crippen molar-refractivity contribution in [2.75, 3.05) is 0 Å². The molecule has 5 heteroatoms. The van der Waals surface area contributed by atoms with Crippen LogP contribution in [-0.4, -0.2) is 16.7 Å². The summed E-state index contributed by atoms with van der Waals surface area (Å²) in [6, 6.07) is 23.8. The SMILES string of the molecule is Cc1ccc(C(=O)c2ccccc2C(=O)OCc2csc(-c3ccccc3)n2)cc1. The molecule has 0 N–H and O–H groups in total. The number of aromatic nitrogens is 1. The first-order valence-electron chi connectivity index (χ1n) is 9.49. The van der Waals surface area contributed by atoms with Gasteiger partial charge in [0.2, 0.25) is 0 Å². The number of esters is 1. The van der Waals surface area contributed by atoms with Gasteiger partial charge in [-0.15, -0.1) is 11.3 Å². The van der Waals surface area contributed by atoms with Crippen LogP contribution in [0.15, 0.2) is 84.2 Å². The van der Waals surface area contributed by atoms with Crippen molar-refractivity contribution >= 4 is 23.1 Å². The lowest BCUT2D eigenvalue weighted by atomic mass is 9.98. The van der Waals surface area contributed by atoms with Gasteiger partial charge in [0.1, 0.15) is 11.6 Å². The Morgan fingerprint density at radius 2 is 1.53 bits per heavy atom. The number of benzene rings is 3. The average molecular weight is 413 g/mol. The molecule has 3 aromatic carbocycles. The summed E-state index contributed by atoms with van der Waals surface area (Å²) in [7, 11) is 0. The molecular weight excluding hydrogens is 394 g/mol. The zero-order valence-electron chi connectivity index (χ0n) is 16.4. The molecule has 0 atom stereocenters.